The van der Waals surface area contributed by atoms with Crippen molar-refractivity contribution in [1.82, 2.24) is 0 Å². The summed E-state index contributed by atoms with van der Waals surface area (Å²) in [4.78, 5) is 25.4. The molecule has 4 aromatic rings. The number of ketones is 1. The number of rotatable bonds is 3. The van der Waals surface area contributed by atoms with Gasteiger partial charge in [-0.15, -0.1) is 0 Å². The lowest BCUT2D eigenvalue weighted by atomic mass is 10.1. The number of carbonyl (C=O) groups excluding carboxylic acids is 2. The standard InChI is InChI=1S/C25H13Cl2FO5/c1-12-19(33-25(30)22-10-13-9-14(26)5-7-20(13)31-22)8-6-15-23(29)21(32-24(12)15)11-16-17(27)3-2-4-18(16)28/h2-11H,1H3/b21-11-. The van der Waals surface area contributed by atoms with Gasteiger partial charge in [0.15, 0.2) is 5.76 Å². The number of halogens is 3. The minimum Gasteiger partial charge on any atom is -0.452 e. The second-order valence-electron chi connectivity index (χ2n) is 7.32. The molecule has 0 fully saturated rings. The van der Waals surface area contributed by atoms with Crippen LogP contribution in [-0.4, -0.2) is 11.8 Å². The average Bonchev–Trinajstić information content (AvgIpc) is 3.34. The van der Waals surface area contributed by atoms with E-state index >= 15 is 0 Å². The third-order valence-electron chi connectivity index (χ3n) is 5.19. The van der Waals surface area contributed by atoms with Crippen LogP contribution in [0.2, 0.25) is 10.0 Å². The quantitative estimate of drug-likeness (QED) is 0.178. The Morgan fingerprint density at radius 1 is 1.09 bits per heavy atom. The van der Waals surface area contributed by atoms with Crippen LogP contribution in [0.15, 0.2) is 64.8 Å². The fraction of sp³-hybridized carbons (Fsp3) is 0.0400. The predicted octanol–water partition coefficient (Wildman–Crippen LogP) is 7.02. The van der Waals surface area contributed by atoms with E-state index in [-0.39, 0.29) is 39.2 Å². The zero-order valence-electron chi connectivity index (χ0n) is 16.9. The Kier molecular flexibility index (Phi) is 5.19. The molecular weight excluding hydrogens is 470 g/mol. The molecule has 164 valence electrons. The van der Waals surface area contributed by atoms with E-state index in [9.17, 15) is 14.0 Å². The van der Waals surface area contributed by atoms with Gasteiger partial charge in [0.05, 0.1) is 10.6 Å². The van der Waals surface area contributed by atoms with Gasteiger partial charge < -0.3 is 13.9 Å². The molecule has 1 aliphatic heterocycles. The van der Waals surface area contributed by atoms with Gasteiger partial charge in [0.1, 0.15) is 22.9 Å². The Bertz CT molecular complexity index is 1480. The predicted molar refractivity (Wildman–Crippen MR) is 122 cm³/mol. The number of esters is 1. The maximum atomic E-state index is 14.1. The molecule has 0 bridgehead atoms. The van der Waals surface area contributed by atoms with Gasteiger partial charge in [-0.05, 0) is 61.5 Å². The molecule has 0 atom stereocenters. The van der Waals surface area contributed by atoms with Crippen LogP contribution in [0.4, 0.5) is 4.39 Å². The van der Waals surface area contributed by atoms with E-state index in [0.29, 0.717) is 21.6 Å². The van der Waals surface area contributed by atoms with E-state index in [1.807, 2.05) is 0 Å². The fourth-order valence-electron chi connectivity index (χ4n) is 3.52. The Morgan fingerprint density at radius 2 is 1.91 bits per heavy atom. The summed E-state index contributed by atoms with van der Waals surface area (Å²) in [7, 11) is 0. The van der Waals surface area contributed by atoms with E-state index in [1.54, 1.807) is 25.1 Å². The van der Waals surface area contributed by atoms with Gasteiger partial charge in [-0.2, -0.15) is 0 Å². The van der Waals surface area contributed by atoms with Crippen LogP contribution in [-0.2, 0) is 0 Å². The third kappa shape index (κ3) is 3.77. The van der Waals surface area contributed by atoms with Crippen LogP contribution in [0.1, 0.15) is 32.0 Å². The SMILES string of the molecule is Cc1c(OC(=O)c2cc3cc(Cl)ccc3o2)ccc2c1O/C(=C\c1c(F)cccc1Cl)C2=O. The lowest BCUT2D eigenvalue weighted by Crippen LogP contribution is -2.08. The maximum Gasteiger partial charge on any atom is 0.379 e. The molecule has 1 aliphatic rings. The molecule has 0 saturated carbocycles. The van der Waals surface area contributed by atoms with Crippen molar-refractivity contribution in [3.05, 3.63) is 98.7 Å². The number of carbonyl (C=O) groups is 2. The second kappa shape index (κ2) is 8.06. The number of Topliss-reactive ketones (excluding diaryl/α,β-unsaturated/α-hetero) is 1. The molecule has 8 heteroatoms. The number of ether oxygens (including phenoxy) is 2. The normalized spacial score (nSPS) is 13.9. The molecule has 2 heterocycles. The van der Waals surface area contributed by atoms with Crippen LogP contribution in [0.25, 0.3) is 17.0 Å². The molecule has 1 aromatic heterocycles. The van der Waals surface area contributed by atoms with Crippen molar-refractivity contribution in [1.29, 1.82) is 0 Å². The highest BCUT2D eigenvalue weighted by atomic mass is 35.5. The number of fused-ring (bicyclic) bond motifs is 2. The van der Waals surface area contributed by atoms with E-state index in [2.05, 4.69) is 0 Å². The maximum absolute atomic E-state index is 14.1. The number of furan rings is 1. The summed E-state index contributed by atoms with van der Waals surface area (Å²) in [6.45, 7) is 1.64. The van der Waals surface area contributed by atoms with Crippen molar-refractivity contribution < 1.29 is 27.9 Å². The van der Waals surface area contributed by atoms with E-state index in [4.69, 9.17) is 37.1 Å². The summed E-state index contributed by atoms with van der Waals surface area (Å²) < 4.78 is 30.9. The average molecular weight is 483 g/mol. The fourth-order valence-corrected chi connectivity index (χ4v) is 3.92. The molecule has 0 radical (unpaired) electrons. The number of benzene rings is 3. The van der Waals surface area contributed by atoms with Crippen molar-refractivity contribution in [3.8, 4) is 11.5 Å². The van der Waals surface area contributed by atoms with Gasteiger partial charge in [-0.1, -0.05) is 29.3 Å². The molecule has 0 aliphatic carbocycles. The lowest BCUT2D eigenvalue weighted by Gasteiger charge is -2.09. The summed E-state index contributed by atoms with van der Waals surface area (Å²) >= 11 is 12.0. The smallest absolute Gasteiger partial charge is 0.379 e. The summed E-state index contributed by atoms with van der Waals surface area (Å²) in [5.41, 5.74) is 1.23. The van der Waals surface area contributed by atoms with Gasteiger partial charge in [-0.25, -0.2) is 9.18 Å². The Balaban J connectivity index is 1.44. The van der Waals surface area contributed by atoms with Crippen molar-refractivity contribution in [2.24, 2.45) is 0 Å². The van der Waals surface area contributed by atoms with Crippen LogP contribution in [0.5, 0.6) is 11.5 Å². The Hall–Kier alpha value is -3.61. The van der Waals surface area contributed by atoms with Gasteiger partial charge in [0.2, 0.25) is 11.5 Å². The molecular formula is C25H13Cl2FO5. The first kappa shape index (κ1) is 21.2. The summed E-state index contributed by atoms with van der Waals surface area (Å²) in [5.74, 6) is -1.41. The summed E-state index contributed by atoms with van der Waals surface area (Å²) in [5, 5.41) is 1.32. The second-order valence-corrected chi connectivity index (χ2v) is 8.17. The molecule has 0 N–H and O–H groups in total. The van der Waals surface area contributed by atoms with Gasteiger partial charge in [0, 0.05) is 21.5 Å². The van der Waals surface area contributed by atoms with Gasteiger partial charge in [-0.3, -0.25) is 4.79 Å². The minimum absolute atomic E-state index is 0.000982. The first-order chi connectivity index (χ1) is 15.8. The van der Waals surface area contributed by atoms with Crippen molar-refractivity contribution in [2.75, 3.05) is 0 Å². The molecule has 5 nitrogen and oxygen atoms in total. The van der Waals surface area contributed by atoms with Crippen molar-refractivity contribution in [3.63, 3.8) is 0 Å². The monoisotopic (exact) mass is 482 g/mol. The topological polar surface area (TPSA) is 65.7 Å². The van der Waals surface area contributed by atoms with Crippen molar-refractivity contribution in [2.45, 2.75) is 6.92 Å². The largest absolute Gasteiger partial charge is 0.452 e. The zero-order chi connectivity index (χ0) is 23.3. The highest BCUT2D eigenvalue weighted by molar-refractivity contribution is 6.32. The summed E-state index contributed by atoms with van der Waals surface area (Å²) in [6, 6.07) is 13.7. The Morgan fingerprint density at radius 3 is 2.70 bits per heavy atom. The highest BCUT2D eigenvalue weighted by Gasteiger charge is 2.31. The molecule has 0 amide bonds. The minimum atomic E-state index is -0.719. The third-order valence-corrected chi connectivity index (χ3v) is 5.76. The zero-order valence-corrected chi connectivity index (χ0v) is 18.5. The first-order valence-electron chi connectivity index (χ1n) is 9.75. The van der Waals surface area contributed by atoms with Crippen LogP contribution >= 0.6 is 23.2 Å². The first-order valence-corrected chi connectivity index (χ1v) is 10.5. The Labute approximate surface area is 196 Å². The highest BCUT2D eigenvalue weighted by Crippen LogP contribution is 2.40. The number of hydrogen-bond acceptors (Lipinski definition) is 5. The summed E-state index contributed by atoms with van der Waals surface area (Å²) in [6.07, 6.45) is 1.25. The molecule has 3 aromatic carbocycles. The molecule has 0 unspecified atom stereocenters. The van der Waals surface area contributed by atoms with Crippen LogP contribution in [0, 0.1) is 12.7 Å². The van der Waals surface area contributed by atoms with E-state index in [0.717, 1.165) is 0 Å². The number of hydrogen-bond donors (Lipinski definition) is 0. The number of allylic oxidation sites excluding steroid dienone is 1. The molecule has 5 rings (SSSR count). The molecule has 0 saturated heterocycles. The van der Waals surface area contributed by atoms with Gasteiger partial charge >= 0.3 is 5.97 Å². The van der Waals surface area contributed by atoms with E-state index < -0.39 is 17.6 Å². The lowest BCUT2D eigenvalue weighted by molar-refractivity contribution is 0.0702. The van der Waals surface area contributed by atoms with E-state index in [1.165, 1.54) is 42.5 Å². The van der Waals surface area contributed by atoms with Crippen LogP contribution in [0.3, 0.4) is 0 Å². The molecule has 0 spiro atoms. The van der Waals surface area contributed by atoms with Gasteiger partial charge in [0.25, 0.3) is 0 Å². The van der Waals surface area contributed by atoms with Crippen molar-refractivity contribution >= 4 is 52.0 Å². The van der Waals surface area contributed by atoms with Crippen LogP contribution < -0.4 is 9.47 Å². The molecule has 33 heavy (non-hydrogen) atoms.